The minimum atomic E-state index is 0.234. The van der Waals surface area contributed by atoms with Crippen LogP contribution in [-0.4, -0.2) is 24.4 Å². The normalized spacial score (nSPS) is 20.7. The van der Waals surface area contributed by atoms with Gasteiger partial charge in [0.25, 0.3) is 0 Å². The summed E-state index contributed by atoms with van der Waals surface area (Å²) in [6, 6.07) is 7.08. The Morgan fingerprint density at radius 1 is 1.50 bits per heavy atom. The second kappa shape index (κ2) is 6.21. The van der Waals surface area contributed by atoms with Crippen molar-refractivity contribution in [1.29, 1.82) is 0 Å². The van der Waals surface area contributed by atoms with Gasteiger partial charge in [0.2, 0.25) is 0 Å². The van der Waals surface area contributed by atoms with Crippen molar-refractivity contribution in [3.05, 3.63) is 29.3 Å². The molecular formula is C15H23NO2. The Morgan fingerprint density at radius 2 is 2.33 bits per heavy atom. The maximum Gasteiger partial charge on any atom is 0.124 e. The number of aliphatic hydroxyl groups is 1. The number of hydrogen-bond donors (Lipinski definition) is 2. The standard InChI is InChI=1S/C15H23NO2/c1-11-5-6-13-14(16-12(2)7-8-17)4-3-9-18-15(13)10-11/h5-6,10,12,14,16-17H,3-4,7-9H2,1-2H3/t12-,14?/m1/s1. The number of fused-ring (bicyclic) bond motifs is 1. The van der Waals surface area contributed by atoms with Crippen LogP contribution in [0.15, 0.2) is 18.2 Å². The van der Waals surface area contributed by atoms with E-state index >= 15 is 0 Å². The fourth-order valence-electron chi connectivity index (χ4n) is 2.47. The van der Waals surface area contributed by atoms with Gasteiger partial charge >= 0.3 is 0 Å². The number of aryl methyl sites for hydroxylation is 1. The van der Waals surface area contributed by atoms with Crippen LogP contribution in [0.5, 0.6) is 5.75 Å². The topological polar surface area (TPSA) is 41.5 Å². The molecule has 0 amide bonds. The van der Waals surface area contributed by atoms with Crippen molar-refractivity contribution in [1.82, 2.24) is 5.32 Å². The Balaban J connectivity index is 2.16. The number of ether oxygens (including phenoxy) is 1. The second-order valence-corrected chi connectivity index (χ2v) is 5.16. The molecule has 0 fully saturated rings. The molecule has 1 aliphatic heterocycles. The number of benzene rings is 1. The molecule has 100 valence electrons. The SMILES string of the molecule is Cc1ccc2c(c1)OCCCC2N[C@H](C)CCO. The van der Waals surface area contributed by atoms with Crippen LogP contribution in [0.4, 0.5) is 0 Å². The van der Waals surface area contributed by atoms with Gasteiger partial charge in [0.05, 0.1) is 6.61 Å². The number of hydrogen-bond acceptors (Lipinski definition) is 3. The van der Waals surface area contributed by atoms with Gasteiger partial charge in [0, 0.05) is 24.3 Å². The molecule has 2 atom stereocenters. The highest BCUT2D eigenvalue weighted by Gasteiger charge is 2.20. The third-order valence-corrected chi connectivity index (χ3v) is 3.49. The van der Waals surface area contributed by atoms with Crippen molar-refractivity contribution in [2.45, 2.75) is 45.2 Å². The van der Waals surface area contributed by atoms with Gasteiger partial charge in [-0.25, -0.2) is 0 Å². The minimum absolute atomic E-state index is 0.234. The highest BCUT2D eigenvalue weighted by molar-refractivity contribution is 5.40. The van der Waals surface area contributed by atoms with Gasteiger partial charge in [-0.2, -0.15) is 0 Å². The molecule has 0 saturated carbocycles. The first-order chi connectivity index (χ1) is 8.70. The van der Waals surface area contributed by atoms with Crippen LogP contribution in [-0.2, 0) is 0 Å². The quantitative estimate of drug-likeness (QED) is 0.861. The van der Waals surface area contributed by atoms with Gasteiger partial charge in [0.1, 0.15) is 5.75 Å². The zero-order valence-electron chi connectivity index (χ0n) is 11.3. The van der Waals surface area contributed by atoms with E-state index in [-0.39, 0.29) is 6.61 Å². The monoisotopic (exact) mass is 249 g/mol. The lowest BCUT2D eigenvalue weighted by molar-refractivity contribution is 0.261. The summed E-state index contributed by atoms with van der Waals surface area (Å²) in [4.78, 5) is 0. The van der Waals surface area contributed by atoms with E-state index in [2.05, 4.69) is 37.4 Å². The van der Waals surface area contributed by atoms with Gasteiger partial charge in [0.15, 0.2) is 0 Å². The van der Waals surface area contributed by atoms with Crippen molar-refractivity contribution >= 4 is 0 Å². The average Bonchev–Trinajstić information content (AvgIpc) is 2.52. The molecule has 1 heterocycles. The van der Waals surface area contributed by atoms with Crippen molar-refractivity contribution in [2.24, 2.45) is 0 Å². The van der Waals surface area contributed by atoms with Gasteiger partial charge in [-0.1, -0.05) is 12.1 Å². The Morgan fingerprint density at radius 3 is 3.11 bits per heavy atom. The summed E-state index contributed by atoms with van der Waals surface area (Å²) < 4.78 is 5.81. The Labute approximate surface area is 109 Å². The molecule has 18 heavy (non-hydrogen) atoms. The maximum atomic E-state index is 8.99. The molecule has 0 spiro atoms. The van der Waals surface area contributed by atoms with E-state index < -0.39 is 0 Å². The lowest BCUT2D eigenvalue weighted by atomic mass is 9.99. The summed E-state index contributed by atoms with van der Waals surface area (Å²) in [6.45, 7) is 5.24. The van der Waals surface area contributed by atoms with Crippen LogP contribution in [0.2, 0.25) is 0 Å². The van der Waals surface area contributed by atoms with E-state index in [0.29, 0.717) is 12.1 Å². The molecule has 3 heteroatoms. The Kier molecular flexibility index (Phi) is 4.61. The van der Waals surface area contributed by atoms with E-state index in [9.17, 15) is 0 Å². The first-order valence-corrected chi connectivity index (χ1v) is 6.81. The molecule has 1 aliphatic rings. The van der Waals surface area contributed by atoms with Gasteiger partial charge in [-0.05, 0) is 44.7 Å². The lowest BCUT2D eigenvalue weighted by Crippen LogP contribution is -2.31. The smallest absolute Gasteiger partial charge is 0.124 e. The van der Waals surface area contributed by atoms with Crippen LogP contribution in [0.25, 0.3) is 0 Å². The molecule has 0 saturated heterocycles. The summed E-state index contributed by atoms with van der Waals surface area (Å²) >= 11 is 0. The van der Waals surface area contributed by atoms with E-state index in [0.717, 1.165) is 31.6 Å². The summed E-state index contributed by atoms with van der Waals surface area (Å²) in [5, 5.41) is 12.6. The molecular weight excluding hydrogens is 226 g/mol. The fourth-order valence-corrected chi connectivity index (χ4v) is 2.47. The number of nitrogens with one attached hydrogen (secondary N) is 1. The molecule has 1 aromatic rings. The molecule has 0 bridgehead atoms. The van der Waals surface area contributed by atoms with Crippen molar-refractivity contribution in [3.8, 4) is 5.75 Å². The first kappa shape index (κ1) is 13.4. The van der Waals surface area contributed by atoms with E-state index in [4.69, 9.17) is 9.84 Å². The second-order valence-electron chi connectivity index (χ2n) is 5.16. The van der Waals surface area contributed by atoms with Gasteiger partial charge < -0.3 is 15.2 Å². The van der Waals surface area contributed by atoms with Crippen molar-refractivity contribution < 1.29 is 9.84 Å². The van der Waals surface area contributed by atoms with Crippen molar-refractivity contribution in [2.75, 3.05) is 13.2 Å². The summed E-state index contributed by atoms with van der Waals surface area (Å²) in [5.74, 6) is 1.01. The fraction of sp³-hybridized carbons (Fsp3) is 0.600. The van der Waals surface area contributed by atoms with Gasteiger partial charge in [-0.3, -0.25) is 0 Å². The van der Waals surface area contributed by atoms with Crippen LogP contribution < -0.4 is 10.1 Å². The molecule has 1 unspecified atom stereocenters. The van der Waals surface area contributed by atoms with Crippen LogP contribution >= 0.6 is 0 Å². The molecule has 2 rings (SSSR count). The predicted octanol–water partition coefficient (Wildman–Crippen LogP) is 2.57. The zero-order valence-corrected chi connectivity index (χ0v) is 11.3. The molecule has 2 N–H and O–H groups in total. The van der Waals surface area contributed by atoms with E-state index in [1.54, 1.807) is 0 Å². The highest BCUT2D eigenvalue weighted by atomic mass is 16.5. The first-order valence-electron chi connectivity index (χ1n) is 6.81. The molecule has 0 aliphatic carbocycles. The molecule has 0 aromatic heterocycles. The predicted molar refractivity (Wildman–Crippen MR) is 72.9 cm³/mol. The third-order valence-electron chi connectivity index (χ3n) is 3.49. The molecule has 0 radical (unpaired) electrons. The zero-order chi connectivity index (χ0) is 13.0. The van der Waals surface area contributed by atoms with E-state index in [1.807, 2.05) is 0 Å². The Bertz CT molecular complexity index is 392. The van der Waals surface area contributed by atoms with Crippen molar-refractivity contribution in [3.63, 3.8) is 0 Å². The van der Waals surface area contributed by atoms with E-state index in [1.165, 1.54) is 11.1 Å². The minimum Gasteiger partial charge on any atom is -0.493 e. The van der Waals surface area contributed by atoms with Crippen LogP contribution in [0, 0.1) is 6.92 Å². The van der Waals surface area contributed by atoms with Gasteiger partial charge in [-0.15, -0.1) is 0 Å². The maximum absolute atomic E-state index is 8.99. The summed E-state index contributed by atoms with van der Waals surface area (Å²) in [7, 11) is 0. The number of rotatable bonds is 4. The number of aliphatic hydroxyl groups excluding tert-OH is 1. The third kappa shape index (κ3) is 3.24. The largest absolute Gasteiger partial charge is 0.493 e. The molecule has 3 nitrogen and oxygen atoms in total. The average molecular weight is 249 g/mol. The van der Waals surface area contributed by atoms with Crippen LogP contribution in [0.3, 0.4) is 0 Å². The summed E-state index contributed by atoms with van der Waals surface area (Å²) in [5.41, 5.74) is 2.49. The van der Waals surface area contributed by atoms with Crippen LogP contribution in [0.1, 0.15) is 43.4 Å². The highest BCUT2D eigenvalue weighted by Crippen LogP contribution is 2.32. The Hall–Kier alpha value is -1.06. The lowest BCUT2D eigenvalue weighted by Gasteiger charge is -2.23. The molecule has 1 aromatic carbocycles. The summed E-state index contributed by atoms with van der Waals surface area (Å²) in [6.07, 6.45) is 2.95.